The molecule has 0 saturated carbocycles. The van der Waals surface area contributed by atoms with E-state index in [2.05, 4.69) is 24.3 Å². The fourth-order valence-electron chi connectivity index (χ4n) is 2.42. The Morgan fingerprint density at radius 3 is 3.05 bits per heavy atom. The van der Waals surface area contributed by atoms with Crippen LogP contribution in [0.3, 0.4) is 0 Å². The van der Waals surface area contributed by atoms with Crippen LogP contribution >= 0.6 is 0 Å². The quantitative estimate of drug-likeness (QED) is 0.910. The Balaban J connectivity index is 1.93. The third kappa shape index (κ3) is 3.49. The maximum atomic E-state index is 12.2. The third-order valence-corrected chi connectivity index (χ3v) is 3.49. The van der Waals surface area contributed by atoms with E-state index in [1.807, 2.05) is 17.9 Å². The molecule has 19 heavy (non-hydrogen) atoms. The van der Waals surface area contributed by atoms with Crippen molar-refractivity contribution < 1.29 is 9.32 Å². The Morgan fingerprint density at radius 2 is 2.42 bits per heavy atom. The standard InChI is InChI=1S/C14H23N3O2/c1-10(2)6-7-15-14(18)17-8-4-5-12(17)13-9-11(3)16-19-13/h9-10,12H,4-8H2,1-3H3,(H,15,18). The van der Waals surface area contributed by atoms with E-state index < -0.39 is 0 Å². The molecular weight excluding hydrogens is 242 g/mol. The number of carbonyl (C=O) groups is 1. The second-order valence-corrected chi connectivity index (χ2v) is 5.64. The molecule has 0 aliphatic carbocycles. The molecule has 1 aliphatic rings. The molecule has 5 nitrogen and oxygen atoms in total. The van der Waals surface area contributed by atoms with Gasteiger partial charge in [0.15, 0.2) is 5.76 Å². The molecule has 1 aliphatic heterocycles. The van der Waals surface area contributed by atoms with Gasteiger partial charge in [-0.3, -0.25) is 0 Å². The lowest BCUT2D eigenvalue weighted by Crippen LogP contribution is -2.40. The predicted octanol–water partition coefficient (Wildman–Crippen LogP) is 2.88. The summed E-state index contributed by atoms with van der Waals surface area (Å²) in [6.45, 7) is 7.73. The van der Waals surface area contributed by atoms with Gasteiger partial charge in [0.1, 0.15) is 0 Å². The highest BCUT2D eigenvalue weighted by Crippen LogP contribution is 2.32. The molecule has 1 aromatic rings. The Morgan fingerprint density at radius 1 is 1.63 bits per heavy atom. The molecule has 0 radical (unpaired) electrons. The highest BCUT2D eigenvalue weighted by atomic mass is 16.5. The Kier molecular flexibility index (Phi) is 4.45. The number of nitrogens with zero attached hydrogens (tertiary/aromatic N) is 2. The van der Waals surface area contributed by atoms with Crippen molar-refractivity contribution in [3.63, 3.8) is 0 Å². The van der Waals surface area contributed by atoms with Gasteiger partial charge in [-0.25, -0.2) is 4.79 Å². The van der Waals surface area contributed by atoms with Gasteiger partial charge in [0, 0.05) is 19.2 Å². The van der Waals surface area contributed by atoms with E-state index in [1.165, 1.54) is 0 Å². The minimum absolute atomic E-state index is 0.0113. The summed E-state index contributed by atoms with van der Waals surface area (Å²) in [5, 5.41) is 6.89. The summed E-state index contributed by atoms with van der Waals surface area (Å²) in [4.78, 5) is 14.0. The molecule has 1 saturated heterocycles. The fourth-order valence-corrected chi connectivity index (χ4v) is 2.42. The monoisotopic (exact) mass is 265 g/mol. The topological polar surface area (TPSA) is 58.4 Å². The molecule has 0 spiro atoms. The van der Waals surface area contributed by atoms with Gasteiger partial charge >= 0.3 is 6.03 Å². The van der Waals surface area contributed by atoms with E-state index in [9.17, 15) is 4.79 Å². The third-order valence-electron chi connectivity index (χ3n) is 3.49. The molecule has 5 heteroatoms. The molecule has 106 valence electrons. The molecule has 0 bridgehead atoms. The normalized spacial score (nSPS) is 19.2. The SMILES string of the molecule is Cc1cc(C2CCCN2C(=O)NCCC(C)C)on1. The number of hydrogen-bond acceptors (Lipinski definition) is 3. The van der Waals surface area contributed by atoms with Crippen LogP contribution in [-0.4, -0.2) is 29.2 Å². The number of likely N-dealkylation sites (tertiary alicyclic amines) is 1. The lowest BCUT2D eigenvalue weighted by molar-refractivity contribution is 0.182. The molecule has 1 aromatic heterocycles. The number of hydrogen-bond donors (Lipinski definition) is 1. The second-order valence-electron chi connectivity index (χ2n) is 5.64. The molecule has 0 aromatic carbocycles. The van der Waals surface area contributed by atoms with Gasteiger partial charge < -0.3 is 14.7 Å². The van der Waals surface area contributed by atoms with Crippen LogP contribution < -0.4 is 5.32 Å². The van der Waals surface area contributed by atoms with E-state index in [4.69, 9.17) is 4.52 Å². The lowest BCUT2D eigenvalue weighted by Gasteiger charge is -2.23. The Hall–Kier alpha value is -1.52. The van der Waals surface area contributed by atoms with Crippen LogP contribution in [0, 0.1) is 12.8 Å². The largest absolute Gasteiger partial charge is 0.359 e. The number of nitrogens with one attached hydrogen (secondary N) is 1. The molecule has 1 unspecified atom stereocenters. The molecule has 2 heterocycles. The number of aryl methyl sites for hydroxylation is 1. The van der Waals surface area contributed by atoms with E-state index in [0.29, 0.717) is 5.92 Å². The summed E-state index contributed by atoms with van der Waals surface area (Å²) in [6, 6.07) is 1.97. The zero-order chi connectivity index (χ0) is 13.8. The molecule has 2 amide bonds. The highest BCUT2D eigenvalue weighted by molar-refractivity contribution is 5.74. The Labute approximate surface area is 114 Å². The van der Waals surface area contributed by atoms with Crippen molar-refractivity contribution in [2.45, 2.75) is 46.1 Å². The van der Waals surface area contributed by atoms with Gasteiger partial charge in [0.25, 0.3) is 0 Å². The van der Waals surface area contributed by atoms with E-state index in [-0.39, 0.29) is 12.1 Å². The number of urea groups is 1. The fraction of sp³-hybridized carbons (Fsp3) is 0.714. The summed E-state index contributed by atoms with van der Waals surface area (Å²) >= 11 is 0. The first-order valence-electron chi connectivity index (χ1n) is 7.05. The first kappa shape index (κ1) is 13.9. The highest BCUT2D eigenvalue weighted by Gasteiger charge is 2.32. The zero-order valence-corrected chi connectivity index (χ0v) is 12.0. The van der Waals surface area contributed by atoms with Gasteiger partial charge in [-0.05, 0) is 32.1 Å². The number of amides is 2. The van der Waals surface area contributed by atoms with Crippen LogP contribution in [0.2, 0.25) is 0 Å². The second kappa shape index (κ2) is 6.08. The molecule has 2 rings (SSSR count). The Bertz CT molecular complexity index is 428. The van der Waals surface area contributed by atoms with Crippen LogP contribution in [0.1, 0.15) is 50.6 Å². The lowest BCUT2D eigenvalue weighted by atomic mass is 10.1. The smallest absolute Gasteiger partial charge is 0.318 e. The van der Waals surface area contributed by atoms with Gasteiger partial charge in [0.05, 0.1) is 11.7 Å². The molecular formula is C14H23N3O2. The summed E-state index contributed by atoms with van der Waals surface area (Å²) in [7, 11) is 0. The number of aromatic nitrogens is 1. The van der Waals surface area contributed by atoms with Crippen molar-refractivity contribution in [1.82, 2.24) is 15.4 Å². The van der Waals surface area contributed by atoms with Crippen molar-refractivity contribution in [2.24, 2.45) is 5.92 Å². The maximum absolute atomic E-state index is 12.2. The zero-order valence-electron chi connectivity index (χ0n) is 12.0. The van der Waals surface area contributed by atoms with Crippen LogP contribution in [0.4, 0.5) is 4.79 Å². The summed E-state index contributed by atoms with van der Waals surface area (Å²) in [6.07, 6.45) is 2.97. The summed E-state index contributed by atoms with van der Waals surface area (Å²) < 4.78 is 5.30. The molecule has 1 atom stereocenters. The summed E-state index contributed by atoms with van der Waals surface area (Å²) in [5.41, 5.74) is 0.863. The van der Waals surface area contributed by atoms with E-state index >= 15 is 0 Å². The van der Waals surface area contributed by atoms with Crippen molar-refractivity contribution >= 4 is 6.03 Å². The minimum Gasteiger partial charge on any atom is -0.359 e. The minimum atomic E-state index is 0.0113. The molecule has 1 fully saturated rings. The first-order valence-corrected chi connectivity index (χ1v) is 7.05. The van der Waals surface area contributed by atoms with Gasteiger partial charge in [-0.1, -0.05) is 19.0 Å². The van der Waals surface area contributed by atoms with Gasteiger partial charge in [-0.15, -0.1) is 0 Å². The number of carbonyl (C=O) groups excluding carboxylic acids is 1. The van der Waals surface area contributed by atoms with Crippen molar-refractivity contribution in [3.05, 3.63) is 17.5 Å². The first-order chi connectivity index (χ1) is 9.08. The van der Waals surface area contributed by atoms with Crippen LogP contribution in [0.15, 0.2) is 10.6 Å². The van der Waals surface area contributed by atoms with Crippen LogP contribution in [0.25, 0.3) is 0 Å². The van der Waals surface area contributed by atoms with E-state index in [1.54, 1.807) is 0 Å². The number of rotatable bonds is 4. The van der Waals surface area contributed by atoms with Crippen LogP contribution in [-0.2, 0) is 0 Å². The average molecular weight is 265 g/mol. The predicted molar refractivity (Wildman–Crippen MR) is 72.8 cm³/mol. The molecule has 1 N–H and O–H groups in total. The van der Waals surface area contributed by atoms with Crippen molar-refractivity contribution in [2.75, 3.05) is 13.1 Å². The average Bonchev–Trinajstić information content (AvgIpc) is 2.96. The van der Waals surface area contributed by atoms with Gasteiger partial charge in [-0.2, -0.15) is 0 Å². The maximum Gasteiger partial charge on any atom is 0.318 e. The van der Waals surface area contributed by atoms with Crippen molar-refractivity contribution in [1.29, 1.82) is 0 Å². The summed E-state index contributed by atoms with van der Waals surface area (Å²) in [5.74, 6) is 1.40. The van der Waals surface area contributed by atoms with E-state index in [0.717, 1.165) is 43.8 Å². The van der Waals surface area contributed by atoms with Crippen molar-refractivity contribution in [3.8, 4) is 0 Å². The van der Waals surface area contributed by atoms with Crippen LogP contribution in [0.5, 0.6) is 0 Å². The van der Waals surface area contributed by atoms with Gasteiger partial charge in [0.2, 0.25) is 0 Å².